The largest absolute Gasteiger partial charge is 0.335 e. The van der Waals surface area contributed by atoms with Crippen LogP contribution in [0.1, 0.15) is 295 Å². The fourth-order valence-electron chi connectivity index (χ4n) is 23.3. The zero-order valence-electron chi connectivity index (χ0n) is 78.8. The molecule has 12 aliphatic rings. The van der Waals surface area contributed by atoms with Crippen molar-refractivity contribution < 1.29 is 72.0 Å². The minimum Gasteiger partial charge on any atom is -0.335 e. The number of nitrogens with two attached hydrogens (primary N) is 1. The van der Waals surface area contributed by atoms with E-state index in [2.05, 4.69) is 43.8 Å². The van der Waals surface area contributed by atoms with E-state index in [1.165, 1.54) is 61.7 Å². The number of fused-ring (bicyclic) bond motifs is 8. The molecule has 8 aromatic carbocycles. The van der Waals surface area contributed by atoms with Crippen molar-refractivity contribution in [2.24, 2.45) is 53.1 Å². The lowest BCUT2D eigenvalue weighted by atomic mass is 9.76. The average molecular weight is 1840 g/mol. The number of Topliss-reactive ketones (excluding diaryl/α,β-unsaturated/α-hetero) is 2. The Morgan fingerprint density at radius 1 is 0.301 bits per heavy atom. The predicted molar refractivity (Wildman–Crippen MR) is 512 cm³/mol. The van der Waals surface area contributed by atoms with Crippen LogP contribution in [0.4, 0.5) is 0 Å². The number of benzene rings is 8. The summed E-state index contributed by atoms with van der Waals surface area (Å²) in [5.74, 6) is -1.66. The summed E-state index contributed by atoms with van der Waals surface area (Å²) in [6.07, 6.45) is 19.6. The van der Waals surface area contributed by atoms with Gasteiger partial charge in [0.25, 0.3) is 47.3 Å². The van der Waals surface area contributed by atoms with E-state index in [4.69, 9.17) is 10.1 Å². The lowest BCUT2D eigenvalue weighted by Gasteiger charge is -2.42. The monoisotopic (exact) mass is 1840 g/mol. The maximum Gasteiger partial charge on any atom is 0.261 e. The number of nitrogens with zero attached hydrogens (tertiary/aromatic N) is 9. The maximum absolute atomic E-state index is 13.8. The molecule has 0 spiro atoms. The molecule has 136 heavy (non-hydrogen) atoms. The lowest BCUT2D eigenvalue weighted by molar-refractivity contribution is -0.445. The molecule has 4 saturated carbocycles. The zero-order valence-corrected chi connectivity index (χ0v) is 78.8. The van der Waals surface area contributed by atoms with Crippen LogP contribution in [-0.2, 0) is 54.5 Å². The highest BCUT2D eigenvalue weighted by molar-refractivity contribution is 6.23. The van der Waals surface area contributed by atoms with Crippen LogP contribution in [0, 0.1) is 57.5 Å². The highest BCUT2D eigenvalue weighted by Crippen LogP contribution is 2.45. The Kier molecular flexibility index (Phi) is 31.3. The third-order valence-electron chi connectivity index (χ3n) is 30.3. The Balaban J connectivity index is 0.000000135. The van der Waals surface area contributed by atoms with Crippen LogP contribution in [0.3, 0.4) is 0 Å². The molecular weight excluding hydrogens is 1720 g/mol. The van der Waals surface area contributed by atoms with E-state index in [1.807, 2.05) is 92.4 Å². The normalized spacial score (nSPS) is 23.8. The van der Waals surface area contributed by atoms with E-state index >= 15 is 0 Å². The van der Waals surface area contributed by atoms with Crippen molar-refractivity contribution in [1.29, 1.82) is 0 Å². The summed E-state index contributed by atoms with van der Waals surface area (Å²) < 4.78 is 0. The van der Waals surface area contributed by atoms with Gasteiger partial charge in [-0.15, -0.1) is 0 Å². The molecular formula is C110H124N10O16. The molecule has 26 nitrogen and oxygen atoms in total. The van der Waals surface area contributed by atoms with Gasteiger partial charge in [0, 0.05) is 79.7 Å². The number of carbonyl (C=O) groups excluding carboxylic acids is 14. The van der Waals surface area contributed by atoms with Gasteiger partial charge in [-0.3, -0.25) is 96.8 Å². The molecule has 8 heterocycles. The van der Waals surface area contributed by atoms with Gasteiger partial charge in [-0.1, -0.05) is 211 Å². The third-order valence-corrected chi connectivity index (χ3v) is 30.3. The topological polar surface area (TPSA) is 334 Å². The number of hydrogen-bond donors (Lipinski definition) is 1. The number of ketones is 2. The Labute approximate surface area is 795 Å². The molecule has 8 aliphatic heterocycles. The SMILES string of the molecule is CC(=O)[C@H]1CCCC[C@H]1C(=O)N1CCc2ccccc2[C@@H]1CCN1C(=O)c2ccccc2C1=O.CC(=O)[C@H]1CCCC[C@H]1C(=O)N1CCc2ccccc2[C@H]1CCN1C(=O)c2ccccc2C1=O.CN.C[C@H]1CCCC[C@H]1C(=O)N1CCc2ccccc2[C@H]1CN1C(=O)c2ccccc2C1=O.C[C@H]1CCCC[C@H]1C(=O)N1CCc2ccccc2[C@H]1CN1C(=O)c2ccccc2C1=O.C[N+](=O)[O-]. The first-order valence-corrected chi connectivity index (χ1v) is 48.8. The van der Waals surface area contributed by atoms with E-state index in [0.717, 1.165) is 145 Å². The van der Waals surface area contributed by atoms with Gasteiger partial charge in [0.2, 0.25) is 23.6 Å². The second-order valence-corrected chi connectivity index (χ2v) is 38.1. The van der Waals surface area contributed by atoms with Gasteiger partial charge in [0.15, 0.2) is 7.05 Å². The van der Waals surface area contributed by atoms with Crippen molar-refractivity contribution in [1.82, 2.24) is 39.2 Å². The molecule has 12 amide bonds. The molecule has 2 N–H and O–H groups in total. The van der Waals surface area contributed by atoms with Crippen LogP contribution in [0.15, 0.2) is 194 Å². The summed E-state index contributed by atoms with van der Waals surface area (Å²) in [5, 5.41) is 8.81. The number of carbonyl (C=O) groups is 14. The van der Waals surface area contributed by atoms with E-state index in [9.17, 15) is 67.1 Å². The summed E-state index contributed by atoms with van der Waals surface area (Å²) >= 11 is 0. The van der Waals surface area contributed by atoms with Crippen molar-refractivity contribution in [2.45, 2.75) is 193 Å². The van der Waals surface area contributed by atoms with Crippen LogP contribution in [-0.4, -0.2) is 193 Å². The van der Waals surface area contributed by atoms with E-state index < -0.39 is 4.92 Å². The van der Waals surface area contributed by atoms with Crippen LogP contribution in [0.25, 0.3) is 0 Å². The predicted octanol–water partition coefficient (Wildman–Crippen LogP) is 16.3. The third kappa shape index (κ3) is 20.3. The molecule has 20 rings (SSSR count). The van der Waals surface area contributed by atoms with Crippen LogP contribution < -0.4 is 5.73 Å². The minimum atomic E-state index is -0.500. The summed E-state index contributed by atoms with van der Waals surface area (Å²) in [6.45, 7) is 10.9. The molecule has 710 valence electrons. The van der Waals surface area contributed by atoms with E-state index in [-0.39, 0.29) is 168 Å². The van der Waals surface area contributed by atoms with Crippen molar-refractivity contribution in [3.63, 3.8) is 0 Å². The Bertz CT molecular complexity index is 5430. The first kappa shape index (κ1) is 97.4. The molecule has 0 radical (unpaired) electrons. The van der Waals surface area contributed by atoms with Crippen LogP contribution in [0.2, 0.25) is 0 Å². The molecule has 26 heteroatoms. The Morgan fingerprint density at radius 2 is 0.500 bits per heavy atom. The van der Waals surface area contributed by atoms with Gasteiger partial charge in [0.05, 0.1) is 81.8 Å². The number of amides is 12. The molecule has 0 saturated heterocycles. The second kappa shape index (κ2) is 43.7. The number of nitro groups is 1. The Hall–Kier alpha value is -13.1. The number of imide groups is 4. The Morgan fingerprint density at radius 3 is 0.750 bits per heavy atom. The molecule has 0 aromatic heterocycles. The van der Waals surface area contributed by atoms with Crippen molar-refractivity contribution in [2.75, 3.05) is 66.5 Å². The smallest absolute Gasteiger partial charge is 0.261 e. The summed E-state index contributed by atoms with van der Waals surface area (Å²) in [4.78, 5) is 205. The summed E-state index contributed by atoms with van der Waals surface area (Å²) in [5.41, 5.74) is 17.1. The van der Waals surface area contributed by atoms with Gasteiger partial charge >= 0.3 is 0 Å². The molecule has 4 aliphatic carbocycles. The van der Waals surface area contributed by atoms with Crippen molar-refractivity contribution in [3.05, 3.63) is 293 Å². The van der Waals surface area contributed by atoms with Gasteiger partial charge < -0.3 is 25.3 Å². The molecule has 4 fully saturated rings. The second-order valence-electron chi connectivity index (χ2n) is 38.1. The highest BCUT2D eigenvalue weighted by atomic mass is 16.6. The molecule has 12 atom stereocenters. The first-order valence-electron chi connectivity index (χ1n) is 48.8. The van der Waals surface area contributed by atoms with Gasteiger partial charge in [-0.25, -0.2) is 0 Å². The van der Waals surface area contributed by atoms with Crippen molar-refractivity contribution in [3.8, 4) is 0 Å². The molecule has 0 bridgehead atoms. The minimum absolute atomic E-state index is 0.0312. The van der Waals surface area contributed by atoms with E-state index in [1.54, 1.807) is 111 Å². The van der Waals surface area contributed by atoms with Crippen LogP contribution >= 0.6 is 0 Å². The van der Waals surface area contributed by atoms with Gasteiger partial charge in [-0.2, -0.15) is 0 Å². The summed E-state index contributed by atoms with van der Waals surface area (Å²) in [7, 11) is 2.39. The quantitative estimate of drug-likeness (QED) is 0.0533. The summed E-state index contributed by atoms with van der Waals surface area (Å²) in [6, 6.07) is 59.2. The molecule has 8 aromatic rings. The van der Waals surface area contributed by atoms with Crippen molar-refractivity contribution >= 4 is 82.5 Å². The average Bonchev–Trinajstić information content (AvgIpc) is 1.24. The number of rotatable bonds is 16. The van der Waals surface area contributed by atoms with Crippen LogP contribution in [0.5, 0.6) is 0 Å². The lowest BCUT2D eigenvalue weighted by Crippen LogP contribution is -2.49. The standard InChI is InChI=1S/2C28H30N2O4.2C26H28N2O3.CH3NO2.CH5N/c2*1-18(31)20-9-4-5-11-22(20)26(32)29-16-14-19-8-2-3-10-21(19)25(29)15-17-30-27(33)23-12-6-7-13-24(23)28(30)34;2*1-17-8-2-4-10-19(17)24(29)27-15-14-18-9-3-5-11-20(18)23(27)16-28-25(30)21-12-6-7-13-22(21)26(28)31;1-2(3)4;1-2/h2*2-3,6-8,10,12-13,20,22,25H,4-5,9,11,14-17H2,1H3;2*3,5-7,9,11-13,17,19,23H,2,4,8,10,14-16H2,1H3;1H3;2H2,1H3/t20-,22-,25+;20-,22-,25-;2*17-,19+,23+;;/m1100../s1. The fourth-order valence-corrected chi connectivity index (χ4v) is 23.3. The fraction of sp³-hybridized carbons (Fsp3) is 0.436. The van der Waals surface area contributed by atoms with E-state index in [0.29, 0.717) is 95.4 Å². The zero-order chi connectivity index (χ0) is 96.3. The highest BCUT2D eigenvalue weighted by Gasteiger charge is 2.49. The maximum atomic E-state index is 13.8. The first-order chi connectivity index (χ1) is 65.8. The van der Waals surface area contributed by atoms with Gasteiger partial charge in [0.1, 0.15) is 11.6 Å². The molecule has 0 unspecified atom stereocenters. The van der Waals surface area contributed by atoms with Gasteiger partial charge in [-0.05, 0) is 216 Å². The number of hydrogen-bond acceptors (Lipinski definition) is 17.